The van der Waals surface area contributed by atoms with Crippen LogP contribution in [0.3, 0.4) is 0 Å². The van der Waals surface area contributed by atoms with E-state index in [0.717, 1.165) is 5.49 Å². The van der Waals surface area contributed by atoms with Gasteiger partial charge in [0.15, 0.2) is 0 Å². The van der Waals surface area contributed by atoms with Crippen LogP contribution in [0, 0.1) is 13.8 Å². The maximum atomic E-state index is 4.29. The van der Waals surface area contributed by atoms with Gasteiger partial charge in [-0.1, -0.05) is 20.4 Å². The zero-order valence-electron chi connectivity index (χ0n) is 10.3. The fraction of sp³-hybridized carbons (Fsp3) is 0.462. The Balaban J connectivity index is 3.58. The Hall–Kier alpha value is -1.31. The van der Waals surface area contributed by atoms with E-state index in [1.165, 1.54) is 16.7 Å². The SMILES string of the molecule is C=C/N=c1/c(C)c(C)c(C(C)C)cn1C. The minimum absolute atomic E-state index is 0.549. The monoisotopic (exact) mass is 204 g/mol. The molecule has 0 aliphatic carbocycles. The van der Waals surface area contributed by atoms with Crippen molar-refractivity contribution in [2.24, 2.45) is 12.0 Å². The summed E-state index contributed by atoms with van der Waals surface area (Å²) in [6, 6.07) is 0. The van der Waals surface area contributed by atoms with Gasteiger partial charge in [-0.15, -0.1) is 0 Å². The molecule has 0 unspecified atom stereocenters. The van der Waals surface area contributed by atoms with Crippen LogP contribution in [-0.2, 0) is 7.05 Å². The van der Waals surface area contributed by atoms with Gasteiger partial charge in [-0.05, 0) is 36.5 Å². The first kappa shape index (κ1) is 11.8. The quantitative estimate of drug-likeness (QED) is 0.705. The molecule has 0 amide bonds. The predicted molar refractivity (Wildman–Crippen MR) is 64.7 cm³/mol. The summed E-state index contributed by atoms with van der Waals surface area (Å²) in [5.41, 5.74) is 4.96. The fourth-order valence-electron chi connectivity index (χ4n) is 1.87. The Morgan fingerprint density at radius 1 is 1.33 bits per heavy atom. The topological polar surface area (TPSA) is 17.3 Å². The van der Waals surface area contributed by atoms with Crippen LogP contribution in [0.1, 0.15) is 36.5 Å². The molecule has 82 valence electrons. The number of hydrogen-bond donors (Lipinski definition) is 0. The van der Waals surface area contributed by atoms with E-state index in [9.17, 15) is 0 Å². The number of rotatable bonds is 2. The van der Waals surface area contributed by atoms with E-state index >= 15 is 0 Å². The van der Waals surface area contributed by atoms with E-state index in [1.54, 1.807) is 6.20 Å². The summed E-state index contributed by atoms with van der Waals surface area (Å²) in [7, 11) is 2.03. The van der Waals surface area contributed by atoms with Crippen LogP contribution in [0.2, 0.25) is 0 Å². The maximum Gasteiger partial charge on any atom is 0.135 e. The molecule has 1 aromatic heterocycles. The van der Waals surface area contributed by atoms with Crippen LogP contribution in [0.15, 0.2) is 24.0 Å². The molecule has 1 heterocycles. The molecule has 0 N–H and O–H groups in total. The van der Waals surface area contributed by atoms with Crippen molar-refractivity contribution in [3.05, 3.63) is 41.2 Å². The van der Waals surface area contributed by atoms with Crippen molar-refractivity contribution in [1.82, 2.24) is 4.57 Å². The lowest BCUT2D eigenvalue weighted by Gasteiger charge is -2.15. The van der Waals surface area contributed by atoms with Gasteiger partial charge in [-0.25, -0.2) is 4.99 Å². The highest BCUT2D eigenvalue weighted by Gasteiger charge is 2.08. The second-order valence-electron chi connectivity index (χ2n) is 4.24. The van der Waals surface area contributed by atoms with E-state index in [-0.39, 0.29) is 0 Å². The Morgan fingerprint density at radius 2 is 1.93 bits per heavy atom. The highest BCUT2D eigenvalue weighted by atomic mass is 15.0. The Kier molecular flexibility index (Phi) is 3.51. The van der Waals surface area contributed by atoms with Crippen molar-refractivity contribution in [2.45, 2.75) is 33.6 Å². The third kappa shape index (κ3) is 2.20. The summed E-state index contributed by atoms with van der Waals surface area (Å²) >= 11 is 0. The number of pyridine rings is 1. The lowest BCUT2D eigenvalue weighted by atomic mass is 9.97. The van der Waals surface area contributed by atoms with E-state index in [0.29, 0.717) is 5.92 Å². The fourth-order valence-corrected chi connectivity index (χ4v) is 1.87. The normalized spacial score (nSPS) is 12.3. The molecule has 0 radical (unpaired) electrons. The van der Waals surface area contributed by atoms with E-state index in [1.807, 2.05) is 7.05 Å². The Labute approximate surface area is 92.0 Å². The molecule has 0 bridgehead atoms. The van der Waals surface area contributed by atoms with Crippen LogP contribution in [-0.4, -0.2) is 4.57 Å². The summed E-state index contributed by atoms with van der Waals surface area (Å²) in [6.45, 7) is 12.3. The molecule has 0 atom stereocenters. The summed E-state index contributed by atoms with van der Waals surface area (Å²) in [5, 5.41) is 0. The van der Waals surface area contributed by atoms with E-state index in [4.69, 9.17) is 0 Å². The first-order valence-electron chi connectivity index (χ1n) is 5.30. The first-order valence-corrected chi connectivity index (χ1v) is 5.30. The molecule has 0 saturated carbocycles. The largest absolute Gasteiger partial charge is 0.336 e. The van der Waals surface area contributed by atoms with Crippen LogP contribution in [0.5, 0.6) is 0 Å². The molecule has 0 fully saturated rings. The van der Waals surface area contributed by atoms with Crippen LogP contribution in [0.4, 0.5) is 0 Å². The molecule has 0 aliphatic rings. The van der Waals surface area contributed by atoms with Crippen molar-refractivity contribution in [1.29, 1.82) is 0 Å². The summed E-state index contributed by atoms with van der Waals surface area (Å²) < 4.78 is 2.07. The predicted octanol–water partition coefficient (Wildman–Crippen LogP) is 2.81. The lowest BCUT2D eigenvalue weighted by Crippen LogP contribution is -2.23. The second-order valence-corrected chi connectivity index (χ2v) is 4.24. The smallest absolute Gasteiger partial charge is 0.135 e. The van der Waals surface area contributed by atoms with E-state index < -0.39 is 0 Å². The Morgan fingerprint density at radius 3 is 2.40 bits per heavy atom. The van der Waals surface area contributed by atoms with Crippen LogP contribution < -0.4 is 5.49 Å². The minimum Gasteiger partial charge on any atom is -0.336 e. The number of aromatic nitrogens is 1. The highest BCUT2D eigenvalue weighted by molar-refractivity contribution is 5.32. The zero-order valence-corrected chi connectivity index (χ0v) is 10.3. The maximum absolute atomic E-state index is 4.29. The van der Waals surface area contributed by atoms with E-state index in [2.05, 4.69) is 50.0 Å². The summed E-state index contributed by atoms with van der Waals surface area (Å²) in [6.07, 6.45) is 3.76. The summed E-state index contributed by atoms with van der Waals surface area (Å²) in [4.78, 5) is 4.29. The molecule has 0 spiro atoms. The van der Waals surface area contributed by atoms with Gasteiger partial charge in [-0.2, -0.15) is 0 Å². The van der Waals surface area contributed by atoms with Gasteiger partial charge in [0.25, 0.3) is 0 Å². The molecule has 0 saturated heterocycles. The molecule has 1 aromatic rings. The third-order valence-electron chi connectivity index (χ3n) is 2.83. The zero-order chi connectivity index (χ0) is 11.6. The minimum atomic E-state index is 0.549. The van der Waals surface area contributed by atoms with Gasteiger partial charge in [0.05, 0.1) is 0 Å². The molecule has 0 aliphatic heterocycles. The molecular formula is C13H20N2. The van der Waals surface area contributed by atoms with Crippen LogP contribution >= 0.6 is 0 Å². The molecule has 15 heavy (non-hydrogen) atoms. The first-order chi connectivity index (χ1) is 6.99. The average molecular weight is 204 g/mol. The molecular weight excluding hydrogens is 184 g/mol. The van der Waals surface area contributed by atoms with Crippen molar-refractivity contribution in [3.63, 3.8) is 0 Å². The van der Waals surface area contributed by atoms with Crippen molar-refractivity contribution < 1.29 is 0 Å². The van der Waals surface area contributed by atoms with Gasteiger partial charge >= 0.3 is 0 Å². The second kappa shape index (κ2) is 4.47. The van der Waals surface area contributed by atoms with Crippen molar-refractivity contribution >= 4 is 0 Å². The Bertz CT molecular complexity index is 437. The standard InChI is InChI=1S/C13H20N2/c1-7-14-13-11(5)10(4)12(9(2)3)8-15(13)6/h7-9H,1H2,2-6H3/b14-13-. The van der Waals surface area contributed by atoms with Gasteiger partial charge < -0.3 is 4.57 Å². The molecule has 1 rings (SSSR count). The third-order valence-corrected chi connectivity index (χ3v) is 2.83. The van der Waals surface area contributed by atoms with Crippen molar-refractivity contribution in [2.75, 3.05) is 0 Å². The molecule has 2 nitrogen and oxygen atoms in total. The van der Waals surface area contributed by atoms with Gasteiger partial charge in [0.2, 0.25) is 0 Å². The molecule has 0 aromatic carbocycles. The highest BCUT2D eigenvalue weighted by Crippen LogP contribution is 2.18. The average Bonchev–Trinajstić information content (AvgIpc) is 2.18. The summed E-state index contributed by atoms with van der Waals surface area (Å²) in [5.74, 6) is 0.549. The number of hydrogen-bond acceptors (Lipinski definition) is 1. The van der Waals surface area contributed by atoms with Gasteiger partial charge in [0.1, 0.15) is 5.49 Å². The van der Waals surface area contributed by atoms with Crippen LogP contribution in [0.25, 0.3) is 0 Å². The molecule has 2 heteroatoms. The number of nitrogens with zero attached hydrogens (tertiary/aromatic N) is 2. The number of aryl methyl sites for hydroxylation is 1. The van der Waals surface area contributed by atoms with Gasteiger partial charge in [-0.3, -0.25) is 0 Å². The lowest BCUT2D eigenvalue weighted by molar-refractivity contribution is 0.762. The van der Waals surface area contributed by atoms with Gasteiger partial charge in [0, 0.05) is 19.4 Å². The van der Waals surface area contributed by atoms with Crippen molar-refractivity contribution in [3.8, 4) is 0 Å².